The molecule has 0 unspecified atom stereocenters. The third-order valence-electron chi connectivity index (χ3n) is 2.21. The summed E-state index contributed by atoms with van der Waals surface area (Å²) in [6, 6.07) is 0. The van der Waals surface area contributed by atoms with Crippen LogP contribution >= 0.6 is 7.82 Å². The molecular weight excluding hydrogens is 243 g/mol. The normalized spacial score (nSPS) is 11.9. The van der Waals surface area contributed by atoms with Gasteiger partial charge in [0, 0.05) is 0 Å². The van der Waals surface area contributed by atoms with Crippen molar-refractivity contribution in [1.82, 2.24) is 0 Å². The maximum absolute atomic E-state index is 11.3. The van der Waals surface area contributed by atoms with E-state index in [1.54, 1.807) is 0 Å². The number of unbranched alkanes of at least 4 members (excludes halogenated alkanes) is 4. The number of phosphoric ester groups is 1. The maximum atomic E-state index is 11.3. The molecule has 0 radical (unpaired) electrons. The zero-order chi connectivity index (χ0) is 13.0. The Morgan fingerprint density at radius 2 is 1.24 bits per heavy atom. The van der Waals surface area contributed by atoms with Gasteiger partial charge in [-0.2, -0.15) is 0 Å². The number of nitrogens with two attached hydrogens (primary N) is 2. The van der Waals surface area contributed by atoms with Crippen LogP contribution in [0.2, 0.25) is 0 Å². The standard InChI is InChI=1S/C10H25N2O4P/c11-7-3-1-5-9-15-17(13,14)16-10-6-2-4-8-12/h1-12H2,(H,13,14). The van der Waals surface area contributed by atoms with Gasteiger partial charge in [0.2, 0.25) is 0 Å². The molecule has 0 heterocycles. The van der Waals surface area contributed by atoms with E-state index in [0.717, 1.165) is 38.5 Å². The highest BCUT2D eigenvalue weighted by Gasteiger charge is 2.19. The molecule has 6 nitrogen and oxygen atoms in total. The van der Waals surface area contributed by atoms with E-state index in [2.05, 4.69) is 0 Å². The predicted octanol–water partition coefficient (Wildman–Crippen LogP) is 1.38. The van der Waals surface area contributed by atoms with Crippen molar-refractivity contribution in [2.45, 2.75) is 38.5 Å². The highest BCUT2D eigenvalue weighted by atomic mass is 31.2. The van der Waals surface area contributed by atoms with Gasteiger partial charge in [0.25, 0.3) is 0 Å². The molecule has 0 aromatic carbocycles. The molecule has 0 aliphatic rings. The van der Waals surface area contributed by atoms with Gasteiger partial charge in [-0.05, 0) is 51.6 Å². The van der Waals surface area contributed by atoms with E-state index in [-0.39, 0.29) is 13.2 Å². The Morgan fingerprint density at radius 1 is 0.824 bits per heavy atom. The van der Waals surface area contributed by atoms with Gasteiger partial charge in [0.1, 0.15) is 0 Å². The molecule has 7 heteroatoms. The fourth-order valence-corrected chi connectivity index (χ4v) is 2.04. The van der Waals surface area contributed by atoms with Gasteiger partial charge >= 0.3 is 7.82 Å². The predicted molar refractivity (Wildman–Crippen MR) is 67.5 cm³/mol. The summed E-state index contributed by atoms with van der Waals surface area (Å²) in [5, 5.41) is 0. The average Bonchev–Trinajstić information content (AvgIpc) is 2.28. The SMILES string of the molecule is NCCCCCOP(=O)(O)OCCCCCN. The summed E-state index contributed by atoms with van der Waals surface area (Å²) in [6.07, 6.45) is 5.04. The zero-order valence-electron chi connectivity index (χ0n) is 10.3. The summed E-state index contributed by atoms with van der Waals surface area (Å²) >= 11 is 0. The molecule has 0 aromatic heterocycles. The Hall–Kier alpha value is 0.0300. The maximum Gasteiger partial charge on any atom is 0.472 e. The third kappa shape index (κ3) is 12.3. The Morgan fingerprint density at radius 3 is 1.59 bits per heavy atom. The fourth-order valence-electron chi connectivity index (χ4n) is 1.24. The summed E-state index contributed by atoms with van der Waals surface area (Å²) in [7, 11) is -3.85. The lowest BCUT2D eigenvalue weighted by atomic mass is 10.2. The van der Waals surface area contributed by atoms with E-state index in [1.807, 2.05) is 0 Å². The highest BCUT2D eigenvalue weighted by Crippen LogP contribution is 2.43. The monoisotopic (exact) mass is 268 g/mol. The van der Waals surface area contributed by atoms with Gasteiger partial charge in [0.05, 0.1) is 13.2 Å². The van der Waals surface area contributed by atoms with Crippen LogP contribution in [0, 0.1) is 0 Å². The minimum atomic E-state index is -3.85. The molecule has 0 fully saturated rings. The molecule has 0 spiro atoms. The number of hydrogen-bond acceptors (Lipinski definition) is 5. The van der Waals surface area contributed by atoms with Crippen molar-refractivity contribution in [3.63, 3.8) is 0 Å². The van der Waals surface area contributed by atoms with Crippen LogP contribution < -0.4 is 11.5 Å². The number of hydrogen-bond donors (Lipinski definition) is 3. The van der Waals surface area contributed by atoms with Gasteiger partial charge in [0.15, 0.2) is 0 Å². The van der Waals surface area contributed by atoms with E-state index >= 15 is 0 Å². The summed E-state index contributed by atoms with van der Waals surface area (Å²) < 4.78 is 21.0. The Labute approximate surface area is 103 Å². The first-order valence-corrected chi connectivity index (χ1v) is 7.64. The van der Waals surface area contributed by atoms with Crippen molar-refractivity contribution >= 4 is 7.82 Å². The van der Waals surface area contributed by atoms with Crippen LogP contribution in [0.5, 0.6) is 0 Å². The Bertz CT molecular complexity index is 198. The average molecular weight is 268 g/mol. The summed E-state index contributed by atoms with van der Waals surface area (Å²) in [4.78, 5) is 9.29. The van der Waals surface area contributed by atoms with Crippen LogP contribution in [0.3, 0.4) is 0 Å². The largest absolute Gasteiger partial charge is 0.472 e. The second-order valence-electron chi connectivity index (χ2n) is 3.83. The number of phosphoric acid groups is 1. The lowest BCUT2D eigenvalue weighted by molar-refractivity contribution is 0.145. The van der Waals surface area contributed by atoms with Crippen molar-refractivity contribution in [2.75, 3.05) is 26.3 Å². The Kier molecular flexibility index (Phi) is 11.2. The molecular formula is C10H25N2O4P. The smallest absolute Gasteiger partial charge is 0.330 e. The molecule has 0 bridgehead atoms. The topological polar surface area (TPSA) is 108 Å². The number of rotatable bonds is 12. The van der Waals surface area contributed by atoms with Gasteiger partial charge in [-0.1, -0.05) is 0 Å². The lowest BCUT2D eigenvalue weighted by Crippen LogP contribution is -2.02. The minimum Gasteiger partial charge on any atom is -0.330 e. The summed E-state index contributed by atoms with van der Waals surface area (Å²) in [5.74, 6) is 0. The van der Waals surface area contributed by atoms with Gasteiger partial charge in [-0.15, -0.1) is 0 Å². The third-order valence-corrected chi connectivity index (χ3v) is 3.22. The van der Waals surface area contributed by atoms with Crippen molar-refractivity contribution in [3.05, 3.63) is 0 Å². The molecule has 0 rings (SSSR count). The van der Waals surface area contributed by atoms with E-state index in [9.17, 15) is 9.46 Å². The van der Waals surface area contributed by atoms with Crippen molar-refractivity contribution in [2.24, 2.45) is 11.5 Å². The fraction of sp³-hybridized carbons (Fsp3) is 1.00. The quantitative estimate of drug-likeness (QED) is 0.364. The van der Waals surface area contributed by atoms with Crippen LogP contribution in [0.15, 0.2) is 0 Å². The minimum absolute atomic E-state index is 0.233. The second kappa shape index (κ2) is 11.1. The second-order valence-corrected chi connectivity index (χ2v) is 5.29. The molecule has 0 atom stereocenters. The van der Waals surface area contributed by atoms with Crippen LogP contribution in [-0.2, 0) is 13.6 Å². The highest BCUT2D eigenvalue weighted by molar-refractivity contribution is 7.47. The van der Waals surface area contributed by atoms with Crippen LogP contribution in [-0.4, -0.2) is 31.2 Å². The van der Waals surface area contributed by atoms with Crippen LogP contribution in [0.4, 0.5) is 0 Å². The first-order valence-electron chi connectivity index (χ1n) is 6.14. The van der Waals surface area contributed by atoms with Gasteiger partial charge in [-0.3, -0.25) is 9.05 Å². The van der Waals surface area contributed by atoms with Gasteiger partial charge < -0.3 is 16.4 Å². The van der Waals surface area contributed by atoms with E-state index in [1.165, 1.54) is 0 Å². The first kappa shape index (κ1) is 17.0. The Balaban J connectivity index is 3.42. The molecule has 5 N–H and O–H groups in total. The van der Waals surface area contributed by atoms with Crippen molar-refractivity contribution in [1.29, 1.82) is 0 Å². The van der Waals surface area contributed by atoms with Gasteiger partial charge in [-0.25, -0.2) is 4.57 Å². The van der Waals surface area contributed by atoms with E-state index in [4.69, 9.17) is 20.5 Å². The molecule has 0 saturated heterocycles. The van der Waals surface area contributed by atoms with E-state index < -0.39 is 7.82 Å². The molecule has 0 amide bonds. The van der Waals surface area contributed by atoms with Crippen molar-refractivity contribution in [3.8, 4) is 0 Å². The van der Waals surface area contributed by atoms with Crippen LogP contribution in [0.25, 0.3) is 0 Å². The molecule has 0 aromatic rings. The molecule has 17 heavy (non-hydrogen) atoms. The van der Waals surface area contributed by atoms with E-state index in [0.29, 0.717) is 13.1 Å². The lowest BCUT2D eigenvalue weighted by Gasteiger charge is -2.11. The molecule has 104 valence electrons. The van der Waals surface area contributed by atoms with Crippen LogP contribution in [0.1, 0.15) is 38.5 Å². The zero-order valence-corrected chi connectivity index (χ0v) is 11.2. The first-order chi connectivity index (χ1) is 8.12. The summed E-state index contributed by atoms with van der Waals surface area (Å²) in [6.45, 7) is 1.73. The molecule has 0 aliphatic carbocycles. The molecule has 0 aliphatic heterocycles. The summed E-state index contributed by atoms with van der Waals surface area (Å²) in [5.41, 5.74) is 10.6. The molecule has 0 saturated carbocycles. The van der Waals surface area contributed by atoms with Crippen molar-refractivity contribution < 1.29 is 18.5 Å².